The molecule has 0 spiro atoms. The SMILES string of the molecule is CCCCCCCCCCCCCCCCCCCCCCC/C=C/C(O)C(CO)NC(=O)CCCCCCCCCCCCCCCCCCC/C=C\CCCCCCCCCCCCCCCCCCOC(=O)CCCCCCCCCCCCCCCCCCCCC. The van der Waals surface area contributed by atoms with Crippen LogP contribution >= 0.6 is 0 Å². The smallest absolute Gasteiger partial charge is 0.305 e. The lowest BCUT2D eigenvalue weighted by Crippen LogP contribution is -2.45. The molecule has 2 unspecified atom stereocenters. The average molecular weight is 1350 g/mol. The molecular weight excluding hydrogens is 1170 g/mol. The predicted octanol–water partition coefficient (Wildman–Crippen LogP) is 29.9. The van der Waals surface area contributed by atoms with E-state index in [9.17, 15) is 19.8 Å². The van der Waals surface area contributed by atoms with Crippen LogP contribution in [0.4, 0.5) is 0 Å². The van der Waals surface area contributed by atoms with Crippen molar-refractivity contribution < 1.29 is 24.5 Å². The summed E-state index contributed by atoms with van der Waals surface area (Å²) in [5.41, 5.74) is 0. The molecule has 0 aliphatic carbocycles. The quantitative estimate of drug-likeness (QED) is 0.0320. The van der Waals surface area contributed by atoms with E-state index in [1.54, 1.807) is 6.08 Å². The van der Waals surface area contributed by atoms with Gasteiger partial charge in [0.1, 0.15) is 0 Å². The fraction of sp³-hybridized carbons (Fsp3) is 0.933. The zero-order chi connectivity index (χ0) is 69.1. The maximum Gasteiger partial charge on any atom is 0.305 e. The number of rotatable bonds is 85. The molecule has 0 saturated heterocycles. The van der Waals surface area contributed by atoms with Crippen molar-refractivity contribution in [3.05, 3.63) is 24.3 Å². The maximum absolute atomic E-state index is 12.6. The Kier molecular flexibility index (Phi) is 84.3. The molecule has 0 fully saturated rings. The van der Waals surface area contributed by atoms with Crippen LogP contribution in [-0.4, -0.2) is 47.4 Å². The summed E-state index contributed by atoms with van der Waals surface area (Å²) in [7, 11) is 0. The van der Waals surface area contributed by atoms with E-state index in [2.05, 4.69) is 31.3 Å². The van der Waals surface area contributed by atoms with Crippen molar-refractivity contribution >= 4 is 11.9 Å². The first kappa shape index (κ1) is 94.3. The van der Waals surface area contributed by atoms with Crippen LogP contribution in [0.3, 0.4) is 0 Å². The minimum Gasteiger partial charge on any atom is -0.466 e. The van der Waals surface area contributed by atoms with Gasteiger partial charge in [-0.2, -0.15) is 0 Å². The molecule has 0 rings (SSSR count). The average Bonchev–Trinajstić information content (AvgIpc) is 3.77. The summed E-state index contributed by atoms with van der Waals surface area (Å²) in [6, 6.07) is -0.626. The molecule has 0 aromatic heterocycles. The van der Waals surface area contributed by atoms with E-state index in [4.69, 9.17) is 4.74 Å². The van der Waals surface area contributed by atoms with Gasteiger partial charge in [-0.05, 0) is 57.8 Å². The molecule has 570 valence electrons. The third kappa shape index (κ3) is 81.3. The van der Waals surface area contributed by atoms with Crippen molar-refractivity contribution in [3.63, 3.8) is 0 Å². The summed E-state index contributed by atoms with van der Waals surface area (Å²) in [5, 5.41) is 23.3. The van der Waals surface area contributed by atoms with Crippen LogP contribution in [0.1, 0.15) is 515 Å². The van der Waals surface area contributed by atoms with Crippen LogP contribution in [-0.2, 0) is 14.3 Å². The van der Waals surface area contributed by atoms with Gasteiger partial charge < -0.3 is 20.3 Å². The molecule has 2 atom stereocenters. The number of aliphatic hydroxyl groups is 2. The number of unbranched alkanes of at least 4 members (excludes halogenated alkanes) is 72. The Morgan fingerprint density at radius 1 is 0.281 bits per heavy atom. The fourth-order valence-corrected chi connectivity index (χ4v) is 14.5. The number of amides is 1. The Morgan fingerprint density at radius 3 is 0.740 bits per heavy atom. The lowest BCUT2D eigenvalue weighted by molar-refractivity contribution is -0.143. The summed E-state index contributed by atoms with van der Waals surface area (Å²) in [6.07, 6.45) is 112. The first-order chi connectivity index (χ1) is 47.5. The number of hydrogen-bond donors (Lipinski definition) is 3. The summed E-state index contributed by atoms with van der Waals surface area (Å²) in [5.74, 6) is -0.0308. The Hall–Kier alpha value is -1.66. The molecule has 0 heterocycles. The number of ether oxygens (including phenoxy) is 1. The zero-order valence-corrected chi connectivity index (χ0v) is 65.7. The monoisotopic (exact) mass is 1350 g/mol. The summed E-state index contributed by atoms with van der Waals surface area (Å²) in [4.78, 5) is 24.7. The molecule has 0 bridgehead atoms. The number of allylic oxidation sites excluding steroid dienone is 3. The third-order valence-electron chi connectivity index (χ3n) is 21.2. The number of aliphatic hydroxyl groups excluding tert-OH is 2. The lowest BCUT2D eigenvalue weighted by atomic mass is 10.0. The van der Waals surface area contributed by atoms with Gasteiger partial charge in [0.15, 0.2) is 0 Å². The molecule has 0 radical (unpaired) electrons. The van der Waals surface area contributed by atoms with Crippen LogP contribution < -0.4 is 5.32 Å². The Bertz CT molecular complexity index is 1510. The second-order valence-corrected chi connectivity index (χ2v) is 30.9. The Morgan fingerprint density at radius 2 is 0.490 bits per heavy atom. The molecule has 6 heteroatoms. The molecule has 6 nitrogen and oxygen atoms in total. The molecule has 0 aromatic carbocycles. The van der Waals surface area contributed by atoms with E-state index >= 15 is 0 Å². The summed E-state index contributed by atoms with van der Waals surface area (Å²) in [6.45, 7) is 4.98. The van der Waals surface area contributed by atoms with Crippen LogP contribution in [0.15, 0.2) is 24.3 Å². The molecule has 0 aliphatic rings. The number of carbonyl (C=O) groups excluding carboxylic acids is 2. The van der Waals surface area contributed by atoms with E-state index in [1.165, 1.54) is 449 Å². The van der Waals surface area contributed by atoms with Gasteiger partial charge in [-0.3, -0.25) is 9.59 Å². The second-order valence-electron chi connectivity index (χ2n) is 30.9. The van der Waals surface area contributed by atoms with E-state index in [1.807, 2.05) is 6.08 Å². The number of carbonyl (C=O) groups is 2. The summed E-state index contributed by atoms with van der Waals surface area (Å²) < 4.78 is 5.53. The van der Waals surface area contributed by atoms with Gasteiger partial charge in [0.05, 0.1) is 25.4 Å². The molecule has 0 aromatic rings. The van der Waals surface area contributed by atoms with Gasteiger partial charge in [-0.1, -0.05) is 468 Å². The highest BCUT2D eigenvalue weighted by Crippen LogP contribution is 2.21. The topological polar surface area (TPSA) is 95.9 Å². The minimum atomic E-state index is -0.843. The van der Waals surface area contributed by atoms with Crippen LogP contribution in [0, 0.1) is 0 Å². The first-order valence-corrected chi connectivity index (χ1v) is 44.6. The highest BCUT2D eigenvalue weighted by atomic mass is 16.5. The molecular formula is C90H175NO5. The Labute approximate surface area is 602 Å². The van der Waals surface area contributed by atoms with Gasteiger partial charge in [0, 0.05) is 12.8 Å². The van der Waals surface area contributed by atoms with Crippen molar-refractivity contribution in [2.45, 2.75) is 527 Å². The first-order valence-electron chi connectivity index (χ1n) is 44.6. The third-order valence-corrected chi connectivity index (χ3v) is 21.2. The van der Waals surface area contributed by atoms with E-state index < -0.39 is 12.1 Å². The van der Waals surface area contributed by atoms with E-state index in [-0.39, 0.29) is 18.5 Å². The standard InChI is InChI=1S/C90H175NO5/c1-3-5-7-9-11-13-15-17-19-21-23-24-40-43-47-50-54-58-62-66-70-74-78-82-88(93)87(86-92)91-89(94)83-79-75-71-67-63-59-55-51-48-44-41-38-36-34-32-30-28-26-25-27-29-31-33-35-37-39-42-45-49-53-57-61-65-69-73-77-81-85-96-90(95)84-80-76-72-68-64-60-56-52-46-22-20-18-16-14-12-10-8-6-4-2/h25,27,78,82,87-88,92-93H,3-24,26,28-77,79-81,83-86H2,1-2H3,(H,91,94)/b27-25-,82-78+. The Balaban J connectivity index is 3.34. The van der Waals surface area contributed by atoms with E-state index in [0.29, 0.717) is 19.4 Å². The lowest BCUT2D eigenvalue weighted by Gasteiger charge is -2.20. The van der Waals surface area contributed by atoms with Gasteiger partial charge in [-0.25, -0.2) is 0 Å². The van der Waals surface area contributed by atoms with Crippen molar-refractivity contribution in [1.29, 1.82) is 0 Å². The van der Waals surface area contributed by atoms with Crippen LogP contribution in [0.5, 0.6) is 0 Å². The zero-order valence-electron chi connectivity index (χ0n) is 65.7. The predicted molar refractivity (Wildman–Crippen MR) is 426 cm³/mol. The number of esters is 1. The molecule has 1 amide bonds. The van der Waals surface area contributed by atoms with Gasteiger partial charge in [0.2, 0.25) is 5.91 Å². The molecule has 0 saturated carbocycles. The van der Waals surface area contributed by atoms with Crippen molar-refractivity contribution in [2.24, 2.45) is 0 Å². The van der Waals surface area contributed by atoms with Crippen LogP contribution in [0.2, 0.25) is 0 Å². The summed E-state index contributed by atoms with van der Waals surface area (Å²) >= 11 is 0. The largest absolute Gasteiger partial charge is 0.466 e. The fourth-order valence-electron chi connectivity index (χ4n) is 14.5. The van der Waals surface area contributed by atoms with Gasteiger partial charge in [-0.15, -0.1) is 0 Å². The van der Waals surface area contributed by atoms with Gasteiger partial charge in [0.25, 0.3) is 0 Å². The molecule has 3 N–H and O–H groups in total. The number of hydrogen-bond acceptors (Lipinski definition) is 5. The normalized spacial score (nSPS) is 12.5. The van der Waals surface area contributed by atoms with Crippen molar-refractivity contribution in [2.75, 3.05) is 13.2 Å². The van der Waals surface area contributed by atoms with Crippen LogP contribution in [0.25, 0.3) is 0 Å². The van der Waals surface area contributed by atoms with Gasteiger partial charge >= 0.3 is 5.97 Å². The van der Waals surface area contributed by atoms with Crippen molar-refractivity contribution in [3.8, 4) is 0 Å². The molecule has 96 heavy (non-hydrogen) atoms. The van der Waals surface area contributed by atoms with Crippen molar-refractivity contribution in [1.82, 2.24) is 5.32 Å². The minimum absolute atomic E-state index is 0.0274. The maximum atomic E-state index is 12.6. The number of nitrogens with one attached hydrogen (secondary N) is 1. The van der Waals surface area contributed by atoms with E-state index in [0.717, 1.165) is 38.5 Å². The molecule has 0 aliphatic heterocycles. The highest BCUT2D eigenvalue weighted by molar-refractivity contribution is 5.76. The second kappa shape index (κ2) is 85.8. The highest BCUT2D eigenvalue weighted by Gasteiger charge is 2.18.